The molecule has 0 fully saturated rings. The van der Waals surface area contributed by atoms with Gasteiger partial charge in [-0.25, -0.2) is 8.78 Å². The highest BCUT2D eigenvalue weighted by Gasteiger charge is 2.15. The number of rotatable bonds is 3. The van der Waals surface area contributed by atoms with Crippen molar-refractivity contribution >= 4 is 13.6 Å². The summed E-state index contributed by atoms with van der Waals surface area (Å²) in [6.45, 7) is 0. The molecule has 0 radical (unpaired) electrons. The summed E-state index contributed by atoms with van der Waals surface area (Å²) in [4.78, 5) is 10.2. The van der Waals surface area contributed by atoms with Crippen LogP contribution in [0.15, 0.2) is 12.1 Å². The number of benzene rings is 1. The number of hydrogen-bond donors (Lipinski definition) is 2. The van der Waals surface area contributed by atoms with Gasteiger partial charge in [0.05, 0.1) is 5.56 Å². The Morgan fingerprint density at radius 1 is 1.29 bits per heavy atom. The van der Waals surface area contributed by atoms with Crippen molar-refractivity contribution in [2.45, 2.75) is 0 Å². The van der Waals surface area contributed by atoms with Gasteiger partial charge < -0.3 is 14.7 Å². The molecule has 0 aliphatic heterocycles. The van der Waals surface area contributed by atoms with Gasteiger partial charge in [0.15, 0.2) is 6.29 Å². The zero-order valence-electron chi connectivity index (χ0n) is 6.78. The van der Waals surface area contributed by atoms with Crippen LogP contribution >= 0.6 is 0 Å². The van der Waals surface area contributed by atoms with Crippen molar-refractivity contribution < 1.29 is 28.3 Å². The molecular formula is C7H5BF2O4. The van der Waals surface area contributed by atoms with Crippen LogP contribution in [0.25, 0.3) is 0 Å². The van der Waals surface area contributed by atoms with Gasteiger partial charge in [0.1, 0.15) is 17.4 Å². The van der Waals surface area contributed by atoms with Crippen molar-refractivity contribution in [1.29, 1.82) is 0 Å². The van der Waals surface area contributed by atoms with Crippen LogP contribution in [-0.4, -0.2) is 23.7 Å². The molecule has 0 unspecified atom stereocenters. The van der Waals surface area contributed by atoms with Crippen LogP contribution in [0.5, 0.6) is 5.75 Å². The van der Waals surface area contributed by atoms with Crippen LogP contribution in [0.2, 0.25) is 0 Å². The fraction of sp³-hybridized carbons (Fsp3) is 0. The molecule has 0 aromatic heterocycles. The van der Waals surface area contributed by atoms with Crippen LogP contribution in [0.3, 0.4) is 0 Å². The van der Waals surface area contributed by atoms with Gasteiger partial charge in [0.2, 0.25) is 0 Å². The van der Waals surface area contributed by atoms with Crippen molar-refractivity contribution in [2.75, 3.05) is 0 Å². The molecule has 1 aromatic rings. The molecule has 0 saturated heterocycles. The van der Waals surface area contributed by atoms with E-state index in [2.05, 4.69) is 4.65 Å². The van der Waals surface area contributed by atoms with Crippen LogP contribution in [0, 0.1) is 11.6 Å². The maximum Gasteiger partial charge on any atom is 0.707 e. The standard InChI is InChI=1S/C7H5BF2O4/c9-6-1-4(14-8(12)13)2-7(10)5(6)3-11/h1-3,12-13H. The monoisotopic (exact) mass is 202 g/mol. The summed E-state index contributed by atoms with van der Waals surface area (Å²) in [5, 5.41) is 16.7. The van der Waals surface area contributed by atoms with Crippen LogP contribution in [-0.2, 0) is 0 Å². The van der Waals surface area contributed by atoms with Crippen molar-refractivity contribution in [3.05, 3.63) is 29.3 Å². The van der Waals surface area contributed by atoms with E-state index in [0.29, 0.717) is 12.1 Å². The van der Waals surface area contributed by atoms with Gasteiger partial charge in [-0.2, -0.15) is 0 Å². The van der Waals surface area contributed by atoms with E-state index in [1.165, 1.54) is 0 Å². The van der Waals surface area contributed by atoms with E-state index in [1.54, 1.807) is 0 Å². The van der Waals surface area contributed by atoms with E-state index < -0.39 is 30.3 Å². The Morgan fingerprint density at radius 2 is 1.79 bits per heavy atom. The van der Waals surface area contributed by atoms with E-state index in [4.69, 9.17) is 10.0 Å². The molecule has 14 heavy (non-hydrogen) atoms. The molecule has 74 valence electrons. The maximum atomic E-state index is 12.8. The fourth-order valence-electron chi connectivity index (χ4n) is 0.863. The summed E-state index contributed by atoms with van der Waals surface area (Å²) in [6.07, 6.45) is 0.0177. The molecule has 0 aliphatic rings. The summed E-state index contributed by atoms with van der Waals surface area (Å²) in [5.41, 5.74) is -0.732. The summed E-state index contributed by atoms with van der Waals surface area (Å²) >= 11 is 0. The number of carbonyl (C=O) groups is 1. The number of hydrogen-bond acceptors (Lipinski definition) is 4. The van der Waals surface area contributed by atoms with Gasteiger partial charge in [-0.05, 0) is 0 Å². The molecule has 4 nitrogen and oxygen atoms in total. The average molecular weight is 202 g/mol. The lowest BCUT2D eigenvalue weighted by atomic mass is 10.2. The molecule has 0 bridgehead atoms. The zero-order chi connectivity index (χ0) is 10.7. The predicted molar refractivity (Wildman–Crippen MR) is 42.6 cm³/mol. The van der Waals surface area contributed by atoms with Gasteiger partial charge >= 0.3 is 7.32 Å². The summed E-state index contributed by atoms with van der Waals surface area (Å²) < 4.78 is 29.9. The lowest BCUT2D eigenvalue weighted by molar-refractivity contribution is 0.111. The number of carbonyl (C=O) groups excluding carboxylic acids is 1. The van der Waals surface area contributed by atoms with E-state index in [-0.39, 0.29) is 6.29 Å². The zero-order valence-corrected chi connectivity index (χ0v) is 6.78. The van der Waals surface area contributed by atoms with Gasteiger partial charge in [-0.1, -0.05) is 0 Å². The first-order valence-corrected chi connectivity index (χ1v) is 3.51. The first kappa shape index (κ1) is 10.6. The van der Waals surface area contributed by atoms with E-state index in [0.717, 1.165) is 0 Å². The summed E-state index contributed by atoms with van der Waals surface area (Å²) in [7, 11) is -2.17. The topological polar surface area (TPSA) is 66.8 Å². The number of aldehydes is 1. The smallest absolute Gasteiger partial charge is 0.512 e. The molecule has 0 spiro atoms. The highest BCUT2D eigenvalue weighted by Crippen LogP contribution is 2.19. The maximum absolute atomic E-state index is 12.8. The summed E-state index contributed by atoms with van der Waals surface area (Å²) in [5.74, 6) is -2.67. The quantitative estimate of drug-likeness (QED) is 0.539. The van der Waals surface area contributed by atoms with Crippen LogP contribution in [0.4, 0.5) is 8.78 Å². The van der Waals surface area contributed by atoms with E-state index in [1.807, 2.05) is 0 Å². The Bertz CT molecular complexity index is 333. The first-order valence-electron chi connectivity index (χ1n) is 3.51. The fourth-order valence-corrected chi connectivity index (χ4v) is 0.863. The second kappa shape index (κ2) is 4.16. The third-order valence-electron chi connectivity index (χ3n) is 1.41. The molecule has 7 heteroatoms. The normalized spacial score (nSPS) is 9.71. The third kappa shape index (κ3) is 2.27. The van der Waals surface area contributed by atoms with Crippen molar-refractivity contribution in [2.24, 2.45) is 0 Å². The molecular weight excluding hydrogens is 197 g/mol. The van der Waals surface area contributed by atoms with Crippen molar-refractivity contribution in [1.82, 2.24) is 0 Å². The molecule has 2 N–H and O–H groups in total. The Labute approximate surface area is 77.9 Å². The minimum Gasteiger partial charge on any atom is -0.512 e. The minimum absolute atomic E-state index is 0.0177. The van der Waals surface area contributed by atoms with Crippen LogP contribution < -0.4 is 4.65 Å². The summed E-state index contributed by atoms with van der Waals surface area (Å²) in [6, 6.07) is 1.35. The molecule has 0 heterocycles. The predicted octanol–water partition coefficient (Wildman–Crippen LogP) is 0.126. The minimum atomic E-state index is -2.17. The molecule has 0 atom stereocenters. The Hall–Kier alpha value is -1.47. The third-order valence-corrected chi connectivity index (χ3v) is 1.41. The number of halogens is 2. The second-order valence-corrected chi connectivity index (χ2v) is 2.36. The first-order chi connectivity index (χ1) is 6.54. The molecule has 0 saturated carbocycles. The van der Waals surface area contributed by atoms with E-state index in [9.17, 15) is 13.6 Å². The lowest BCUT2D eigenvalue weighted by Gasteiger charge is -2.05. The molecule has 1 aromatic carbocycles. The van der Waals surface area contributed by atoms with Gasteiger partial charge in [-0.3, -0.25) is 4.79 Å². The lowest BCUT2D eigenvalue weighted by Crippen LogP contribution is -2.20. The largest absolute Gasteiger partial charge is 0.707 e. The van der Waals surface area contributed by atoms with Gasteiger partial charge in [0.25, 0.3) is 0 Å². The molecule has 1 rings (SSSR count). The van der Waals surface area contributed by atoms with Crippen molar-refractivity contribution in [3.63, 3.8) is 0 Å². The SMILES string of the molecule is O=Cc1c(F)cc(OB(O)O)cc1F. The average Bonchev–Trinajstić information content (AvgIpc) is 2.01. The molecule has 0 amide bonds. The highest BCUT2D eigenvalue weighted by molar-refractivity contribution is 6.33. The Morgan fingerprint density at radius 3 is 2.14 bits per heavy atom. The Balaban J connectivity index is 3.07. The van der Waals surface area contributed by atoms with Crippen molar-refractivity contribution in [3.8, 4) is 5.75 Å². The highest BCUT2D eigenvalue weighted by atomic mass is 19.1. The molecule has 0 aliphatic carbocycles. The second-order valence-electron chi connectivity index (χ2n) is 2.36. The van der Waals surface area contributed by atoms with Crippen LogP contribution in [0.1, 0.15) is 10.4 Å². The Kier molecular flexibility index (Phi) is 3.16. The van der Waals surface area contributed by atoms with E-state index >= 15 is 0 Å². The van der Waals surface area contributed by atoms with Gasteiger partial charge in [-0.15, -0.1) is 0 Å². The van der Waals surface area contributed by atoms with Gasteiger partial charge in [0, 0.05) is 12.1 Å².